The van der Waals surface area contributed by atoms with Crippen LogP contribution in [0.3, 0.4) is 0 Å². The van der Waals surface area contributed by atoms with Crippen molar-refractivity contribution in [3.05, 3.63) is 34.9 Å². The summed E-state index contributed by atoms with van der Waals surface area (Å²) in [7, 11) is 0. The first kappa shape index (κ1) is 16.5. The number of rotatable bonds is 3. The smallest absolute Gasteiger partial charge is 0.219 e. The van der Waals surface area contributed by atoms with Gasteiger partial charge in [-0.15, -0.1) is 0 Å². The van der Waals surface area contributed by atoms with Crippen LogP contribution in [-0.2, 0) is 11.3 Å². The molecular formula is C20H30N2O. The van der Waals surface area contributed by atoms with Gasteiger partial charge < -0.3 is 4.90 Å². The predicted molar refractivity (Wildman–Crippen MR) is 94.3 cm³/mol. The predicted octanol–water partition coefficient (Wildman–Crippen LogP) is 3.38. The number of nitrogens with zero attached hydrogens (tertiary/aromatic N) is 2. The molecule has 1 amide bonds. The van der Waals surface area contributed by atoms with E-state index in [1.54, 1.807) is 6.92 Å². The van der Waals surface area contributed by atoms with E-state index in [1.165, 1.54) is 49.0 Å². The molecule has 0 bridgehead atoms. The van der Waals surface area contributed by atoms with E-state index < -0.39 is 0 Å². The Bertz CT molecular complexity index is 561. The third-order valence-electron chi connectivity index (χ3n) is 5.85. The van der Waals surface area contributed by atoms with Gasteiger partial charge in [0.1, 0.15) is 0 Å². The number of amides is 1. The van der Waals surface area contributed by atoms with Crippen LogP contribution >= 0.6 is 0 Å². The molecule has 2 heterocycles. The number of hydrogen-bond acceptors (Lipinski definition) is 2. The highest BCUT2D eigenvalue weighted by Crippen LogP contribution is 2.32. The second kappa shape index (κ2) is 7.04. The minimum absolute atomic E-state index is 0.242. The lowest BCUT2D eigenvalue weighted by atomic mass is 9.84. The standard InChI is InChI=1S/C20H30N2O/c1-15-4-5-19(16(2)12-15)13-21-9-6-20(14-21)18-7-10-22(11-8-18)17(3)23/h4-5,12,18,20H,6-11,13-14H2,1-3H3/t20-/m0/s1. The highest BCUT2D eigenvalue weighted by molar-refractivity contribution is 5.73. The van der Waals surface area contributed by atoms with E-state index in [4.69, 9.17) is 0 Å². The maximum Gasteiger partial charge on any atom is 0.219 e. The summed E-state index contributed by atoms with van der Waals surface area (Å²) in [5, 5.41) is 0. The maximum atomic E-state index is 11.5. The zero-order valence-corrected chi connectivity index (χ0v) is 14.8. The Kier molecular flexibility index (Phi) is 5.05. The van der Waals surface area contributed by atoms with E-state index >= 15 is 0 Å². The van der Waals surface area contributed by atoms with Crippen molar-refractivity contribution < 1.29 is 4.79 Å². The van der Waals surface area contributed by atoms with Crippen LogP contribution in [0.1, 0.15) is 42.9 Å². The first-order chi connectivity index (χ1) is 11.0. The summed E-state index contributed by atoms with van der Waals surface area (Å²) in [5.41, 5.74) is 4.24. The Hall–Kier alpha value is -1.35. The second-order valence-electron chi connectivity index (χ2n) is 7.56. The molecule has 1 atom stereocenters. The van der Waals surface area contributed by atoms with Crippen LogP contribution < -0.4 is 0 Å². The van der Waals surface area contributed by atoms with Crippen molar-refractivity contribution in [2.24, 2.45) is 11.8 Å². The number of benzene rings is 1. The van der Waals surface area contributed by atoms with Crippen molar-refractivity contribution in [1.82, 2.24) is 9.80 Å². The van der Waals surface area contributed by atoms with Crippen LogP contribution in [0.15, 0.2) is 18.2 Å². The summed E-state index contributed by atoms with van der Waals surface area (Å²) in [4.78, 5) is 16.1. The van der Waals surface area contributed by atoms with Gasteiger partial charge in [0.05, 0.1) is 0 Å². The second-order valence-corrected chi connectivity index (χ2v) is 7.56. The zero-order valence-electron chi connectivity index (χ0n) is 14.8. The molecule has 2 saturated heterocycles. The van der Waals surface area contributed by atoms with Crippen LogP contribution in [0, 0.1) is 25.7 Å². The van der Waals surface area contributed by atoms with E-state index in [-0.39, 0.29) is 5.91 Å². The Morgan fingerprint density at radius 1 is 1.09 bits per heavy atom. The summed E-state index contributed by atoms with van der Waals surface area (Å²) in [6, 6.07) is 6.82. The quantitative estimate of drug-likeness (QED) is 0.854. The van der Waals surface area contributed by atoms with E-state index in [2.05, 4.69) is 36.9 Å². The number of hydrogen-bond donors (Lipinski definition) is 0. The van der Waals surface area contributed by atoms with Gasteiger partial charge in [-0.2, -0.15) is 0 Å². The Labute approximate surface area is 140 Å². The van der Waals surface area contributed by atoms with Crippen molar-refractivity contribution in [1.29, 1.82) is 0 Å². The molecule has 0 N–H and O–H groups in total. The number of aryl methyl sites for hydroxylation is 2. The van der Waals surface area contributed by atoms with Gasteiger partial charge in [-0.05, 0) is 62.6 Å². The molecule has 3 rings (SSSR count). The van der Waals surface area contributed by atoms with E-state index in [9.17, 15) is 4.79 Å². The van der Waals surface area contributed by atoms with Gasteiger partial charge in [0, 0.05) is 33.1 Å². The van der Waals surface area contributed by atoms with Gasteiger partial charge in [-0.25, -0.2) is 0 Å². The lowest BCUT2D eigenvalue weighted by molar-refractivity contribution is -0.130. The number of likely N-dealkylation sites (tertiary alicyclic amines) is 2. The van der Waals surface area contributed by atoms with Crippen LogP contribution in [0.25, 0.3) is 0 Å². The fourth-order valence-electron chi connectivity index (χ4n) is 4.34. The first-order valence-corrected chi connectivity index (χ1v) is 9.07. The van der Waals surface area contributed by atoms with Crippen molar-refractivity contribution >= 4 is 5.91 Å². The summed E-state index contributed by atoms with van der Waals surface area (Å²) in [5.74, 6) is 1.89. The normalized spacial score (nSPS) is 23.4. The lowest BCUT2D eigenvalue weighted by Gasteiger charge is -2.34. The molecule has 126 valence electrons. The molecule has 0 unspecified atom stereocenters. The van der Waals surface area contributed by atoms with Crippen molar-refractivity contribution in [2.45, 2.75) is 46.6 Å². The third kappa shape index (κ3) is 3.95. The van der Waals surface area contributed by atoms with Crippen LogP contribution in [0.5, 0.6) is 0 Å². The highest BCUT2D eigenvalue weighted by Gasteiger charge is 2.32. The highest BCUT2D eigenvalue weighted by atomic mass is 16.2. The number of carbonyl (C=O) groups excluding carboxylic acids is 1. The molecule has 23 heavy (non-hydrogen) atoms. The minimum Gasteiger partial charge on any atom is -0.343 e. The van der Waals surface area contributed by atoms with E-state index in [0.29, 0.717) is 0 Å². The van der Waals surface area contributed by atoms with Gasteiger partial charge in [-0.1, -0.05) is 23.8 Å². The first-order valence-electron chi connectivity index (χ1n) is 9.07. The molecule has 2 aliphatic heterocycles. The summed E-state index contributed by atoms with van der Waals surface area (Å²) >= 11 is 0. The molecule has 3 nitrogen and oxygen atoms in total. The fourth-order valence-corrected chi connectivity index (χ4v) is 4.34. The molecule has 1 aromatic carbocycles. The number of piperidine rings is 1. The molecule has 2 aliphatic rings. The Morgan fingerprint density at radius 2 is 1.78 bits per heavy atom. The van der Waals surface area contributed by atoms with Gasteiger partial charge in [0.2, 0.25) is 5.91 Å². The molecule has 1 aromatic rings. The average Bonchev–Trinajstić information content (AvgIpc) is 2.99. The van der Waals surface area contributed by atoms with Crippen molar-refractivity contribution in [3.8, 4) is 0 Å². The fraction of sp³-hybridized carbons (Fsp3) is 0.650. The molecular weight excluding hydrogens is 284 g/mol. The van der Waals surface area contributed by atoms with Crippen molar-refractivity contribution in [3.63, 3.8) is 0 Å². The minimum atomic E-state index is 0.242. The van der Waals surface area contributed by atoms with Crippen LogP contribution in [-0.4, -0.2) is 41.9 Å². The molecule has 2 fully saturated rings. The van der Waals surface area contributed by atoms with Crippen LogP contribution in [0.2, 0.25) is 0 Å². The van der Waals surface area contributed by atoms with Gasteiger partial charge in [-0.3, -0.25) is 9.69 Å². The molecule has 0 spiro atoms. The molecule has 0 aliphatic carbocycles. The lowest BCUT2D eigenvalue weighted by Crippen LogP contribution is -2.39. The van der Waals surface area contributed by atoms with Gasteiger partial charge in [0.25, 0.3) is 0 Å². The largest absolute Gasteiger partial charge is 0.343 e. The van der Waals surface area contributed by atoms with E-state index in [1.807, 2.05) is 4.90 Å². The molecule has 0 radical (unpaired) electrons. The topological polar surface area (TPSA) is 23.6 Å². The van der Waals surface area contributed by atoms with E-state index in [0.717, 1.165) is 31.5 Å². The van der Waals surface area contributed by atoms with Gasteiger partial charge >= 0.3 is 0 Å². The summed E-state index contributed by atoms with van der Waals surface area (Å²) in [6.07, 6.45) is 3.72. The monoisotopic (exact) mass is 314 g/mol. The third-order valence-corrected chi connectivity index (χ3v) is 5.85. The Balaban J connectivity index is 1.52. The van der Waals surface area contributed by atoms with Gasteiger partial charge in [0.15, 0.2) is 0 Å². The molecule has 0 saturated carbocycles. The van der Waals surface area contributed by atoms with Crippen molar-refractivity contribution in [2.75, 3.05) is 26.2 Å². The summed E-state index contributed by atoms with van der Waals surface area (Å²) in [6.45, 7) is 11.6. The SMILES string of the molecule is CC(=O)N1CCC([C@H]2CCN(Cc3ccc(C)cc3C)C2)CC1. The van der Waals surface area contributed by atoms with Crippen LogP contribution in [0.4, 0.5) is 0 Å². The maximum absolute atomic E-state index is 11.5. The summed E-state index contributed by atoms with van der Waals surface area (Å²) < 4.78 is 0. The number of carbonyl (C=O) groups is 1. The zero-order chi connectivity index (χ0) is 16.4. The average molecular weight is 314 g/mol. The Morgan fingerprint density at radius 3 is 2.43 bits per heavy atom. The molecule has 3 heteroatoms. The molecule has 0 aromatic heterocycles.